The van der Waals surface area contributed by atoms with Crippen LogP contribution in [0.25, 0.3) is 0 Å². The minimum Gasteiger partial charge on any atom is -0.492 e. The third kappa shape index (κ3) is 6.01. The maximum atomic E-state index is 12.9. The summed E-state index contributed by atoms with van der Waals surface area (Å²) in [6, 6.07) is 3.90. The molecule has 1 aromatic carbocycles. The zero-order valence-electron chi connectivity index (χ0n) is 19.0. The number of rotatable bonds is 8. The van der Waals surface area contributed by atoms with E-state index in [-0.39, 0.29) is 5.91 Å². The number of ether oxygens (including phenoxy) is 3. The van der Waals surface area contributed by atoms with Crippen molar-refractivity contribution in [2.75, 3.05) is 69.4 Å². The van der Waals surface area contributed by atoms with Gasteiger partial charge in [0.2, 0.25) is 0 Å². The van der Waals surface area contributed by atoms with Crippen LogP contribution in [0.2, 0.25) is 0 Å². The number of carbonyl (C=O) groups excluding carboxylic acids is 1. The van der Waals surface area contributed by atoms with Crippen molar-refractivity contribution in [3.05, 3.63) is 12.1 Å². The lowest BCUT2D eigenvalue weighted by Crippen LogP contribution is -3.15. The number of likely N-dealkylation sites (tertiary alicyclic amines) is 1. The summed E-state index contributed by atoms with van der Waals surface area (Å²) in [4.78, 5) is 16.5. The second kappa shape index (κ2) is 10.9. The van der Waals surface area contributed by atoms with Gasteiger partial charge in [-0.3, -0.25) is 4.79 Å². The Balaban J connectivity index is 1.78. The lowest BCUT2D eigenvalue weighted by molar-refractivity contribution is -0.904. The van der Waals surface area contributed by atoms with Crippen LogP contribution in [0.3, 0.4) is 0 Å². The summed E-state index contributed by atoms with van der Waals surface area (Å²) >= 11 is 0. The molecule has 7 nitrogen and oxygen atoms in total. The highest BCUT2D eigenvalue weighted by atomic mass is 16.5. The first kappa shape index (κ1) is 22.7. The van der Waals surface area contributed by atoms with Crippen molar-refractivity contribution < 1.29 is 23.9 Å². The Hall–Kier alpha value is -1.99. The number of nitrogens with one attached hydrogen (secondary N) is 2. The monoisotopic (exact) mass is 420 g/mol. The lowest BCUT2D eigenvalue weighted by atomic mass is 9.92. The van der Waals surface area contributed by atoms with Crippen LogP contribution in [0.4, 0.5) is 11.4 Å². The molecule has 2 heterocycles. The Morgan fingerprint density at radius 3 is 2.37 bits per heavy atom. The smallest absolute Gasteiger partial charge is 0.279 e. The number of quaternary nitrogens is 1. The first-order valence-electron chi connectivity index (χ1n) is 11.4. The third-order valence-electron chi connectivity index (χ3n) is 5.78. The van der Waals surface area contributed by atoms with Crippen molar-refractivity contribution in [1.29, 1.82) is 0 Å². The molecule has 7 heteroatoms. The molecule has 2 saturated heterocycles. The molecular formula is C23H38N3O4+. The van der Waals surface area contributed by atoms with Gasteiger partial charge in [0.15, 0.2) is 6.54 Å². The van der Waals surface area contributed by atoms with Crippen LogP contribution in [0.1, 0.15) is 34.1 Å². The molecule has 0 aliphatic carbocycles. The first-order chi connectivity index (χ1) is 14.5. The van der Waals surface area contributed by atoms with Crippen LogP contribution in [0, 0.1) is 11.8 Å². The number of nitrogens with zero attached hydrogens (tertiary/aromatic N) is 1. The molecular weight excluding hydrogens is 382 g/mol. The number of benzene rings is 1. The molecule has 1 aromatic rings. The fourth-order valence-corrected chi connectivity index (χ4v) is 4.73. The molecule has 0 unspecified atom stereocenters. The average molecular weight is 421 g/mol. The van der Waals surface area contributed by atoms with Gasteiger partial charge in [0.25, 0.3) is 5.91 Å². The number of carbonyl (C=O) groups is 1. The highest BCUT2D eigenvalue weighted by molar-refractivity contribution is 5.94. The van der Waals surface area contributed by atoms with Gasteiger partial charge in [-0.05, 0) is 20.3 Å². The topological polar surface area (TPSA) is 64.5 Å². The van der Waals surface area contributed by atoms with Gasteiger partial charge >= 0.3 is 0 Å². The molecule has 2 N–H and O–H groups in total. The summed E-state index contributed by atoms with van der Waals surface area (Å²) in [7, 11) is 0. The normalized spacial score (nSPS) is 24.4. The average Bonchev–Trinajstić information content (AvgIpc) is 2.70. The molecule has 0 aromatic heterocycles. The fourth-order valence-electron chi connectivity index (χ4n) is 4.73. The number of amides is 1. The van der Waals surface area contributed by atoms with E-state index in [4.69, 9.17) is 14.2 Å². The molecule has 168 valence electrons. The molecule has 2 fully saturated rings. The summed E-state index contributed by atoms with van der Waals surface area (Å²) in [6.07, 6.45) is 1.25. The molecule has 2 aliphatic rings. The van der Waals surface area contributed by atoms with E-state index < -0.39 is 0 Å². The maximum absolute atomic E-state index is 12.9. The summed E-state index contributed by atoms with van der Waals surface area (Å²) in [5.41, 5.74) is 1.67. The minimum absolute atomic E-state index is 0.0221. The van der Waals surface area contributed by atoms with E-state index in [0.29, 0.717) is 56.2 Å². The predicted octanol–water partition coefficient (Wildman–Crippen LogP) is 1.82. The second-order valence-electron chi connectivity index (χ2n) is 8.61. The van der Waals surface area contributed by atoms with Crippen molar-refractivity contribution in [3.8, 4) is 11.5 Å². The summed E-state index contributed by atoms with van der Waals surface area (Å²) in [5, 5.41) is 3.09. The predicted molar refractivity (Wildman–Crippen MR) is 119 cm³/mol. The van der Waals surface area contributed by atoms with E-state index in [1.165, 1.54) is 11.3 Å². The van der Waals surface area contributed by atoms with E-state index in [1.54, 1.807) is 0 Å². The van der Waals surface area contributed by atoms with Crippen molar-refractivity contribution in [1.82, 2.24) is 0 Å². The van der Waals surface area contributed by atoms with Gasteiger partial charge in [0, 0.05) is 37.1 Å². The SMILES string of the molecule is CCOc1cc(N2CCOCC2)c(OCC)cc1NC(=O)C[NH+]1C[C@@H](C)C[C@H](C)C1. The first-order valence-corrected chi connectivity index (χ1v) is 11.4. The van der Waals surface area contributed by atoms with E-state index in [9.17, 15) is 4.79 Å². The zero-order chi connectivity index (χ0) is 21.5. The van der Waals surface area contributed by atoms with Gasteiger partial charge in [0.05, 0.1) is 50.9 Å². The highest BCUT2D eigenvalue weighted by Gasteiger charge is 2.27. The van der Waals surface area contributed by atoms with E-state index in [2.05, 4.69) is 24.1 Å². The van der Waals surface area contributed by atoms with E-state index in [1.807, 2.05) is 26.0 Å². The largest absolute Gasteiger partial charge is 0.492 e. The summed E-state index contributed by atoms with van der Waals surface area (Å²) in [6.45, 7) is 15.2. The number of hydrogen-bond donors (Lipinski definition) is 2. The van der Waals surface area contributed by atoms with Crippen LogP contribution in [-0.2, 0) is 9.53 Å². The van der Waals surface area contributed by atoms with Crippen molar-refractivity contribution in [3.63, 3.8) is 0 Å². The molecule has 2 aliphatic heterocycles. The number of morpholine rings is 1. The van der Waals surface area contributed by atoms with E-state index >= 15 is 0 Å². The lowest BCUT2D eigenvalue weighted by Gasteiger charge is -2.32. The van der Waals surface area contributed by atoms with Crippen LogP contribution < -0.4 is 24.6 Å². The van der Waals surface area contributed by atoms with Gasteiger partial charge in [-0.15, -0.1) is 0 Å². The Morgan fingerprint density at radius 2 is 1.73 bits per heavy atom. The number of hydrogen-bond acceptors (Lipinski definition) is 5. The molecule has 2 atom stereocenters. The van der Waals surface area contributed by atoms with E-state index in [0.717, 1.165) is 37.6 Å². The standard InChI is InChI=1S/C23H37N3O4/c1-5-29-21-13-20(26-7-9-28-10-8-26)22(30-6-2)12-19(21)24-23(27)16-25-14-17(3)11-18(4)15-25/h12-13,17-18H,5-11,14-16H2,1-4H3,(H,24,27)/p+1/t17-,18-/m0/s1. The molecule has 0 spiro atoms. The Kier molecular flexibility index (Phi) is 8.22. The minimum atomic E-state index is 0.0221. The number of anilines is 2. The summed E-state index contributed by atoms with van der Waals surface area (Å²) in [5.74, 6) is 2.80. The highest BCUT2D eigenvalue weighted by Crippen LogP contribution is 2.39. The Morgan fingerprint density at radius 1 is 1.10 bits per heavy atom. The second-order valence-corrected chi connectivity index (χ2v) is 8.61. The van der Waals surface area contributed by atoms with Crippen LogP contribution >= 0.6 is 0 Å². The molecule has 0 saturated carbocycles. The Labute approximate surface area is 180 Å². The van der Waals surface area contributed by atoms with Crippen molar-refractivity contribution >= 4 is 17.3 Å². The zero-order valence-corrected chi connectivity index (χ0v) is 19.0. The summed E-state index contributed by atoms with van der Waals surface area (Å²) < 4.78 is 17.3. The molecule has 0 radical (unpaired) electrons. The van der Waals surface area contributed by atoms with Crippen molar-refractivity contribution in [2.24, 2.45) is 11.8 Å². The fraction of sp³-hybridized carbons (Fsp3) is 0.696. The van der Waals surface area contributed by atoms with Gasteiger partial charge in [-0.25, -0.2) is 0 Å². The molecule has 1 amide bonds. The van der Waals surface area contributed by atoms with Gasteiger partial charge in [-0.2, -0.15) is 0 Å². The molecule has 0 bridgehead atoms. The van der Waals surface area contributed by atoms with Gasteiger partial charge in [-0.1, -0.05) is 13.8 Å². The third-order valence-corrected chi connectivity index (χ3v) is 5.78. The van der Waals surface area contributed by atoms with Crippen LogP contribution in [-0.4, -0.2) is 65.1 Å². The van der Waals surface area contributed by atoms with Crippen LogP contribution in [0.15, 0.2) is 12.1 Å². The van der Waals surface area contributed by atoms with Gasteiger partial charge < -0.3 is 29.3 Å². The van der Waals surface area contributed by atoms with Crippen LogP contribution in [0.5, 0.6) is 11.5 Å². The quantitative estimate of drug-likeness (QED) is 0.672. The van der Waals surface area contributed by atoms with Crippen molar-refractivity contribution in [2.45, 2.75) is 34.1 Å². The maximum Gasteiger partial charge on any atom is 0.279 e. The molecule has 3 rings (SSSR count). The molecule has 30 heavy (non-hydrogen) atoms. The number of piperidine rings is 1. The van der Waals surface area contributed by atoms with Gasteiger partial charge in [0.1, 0.15) is 11.5 Å². The Bertz CT molecular complexity index is 696.